The molecule has 2 aromatic heterocycles. The first-order chi connectivity index (χ1) is 16.4. The van der Waals surface area contributed by atoms with Gasteiger partial charge in [0.25, 0.3) is 0 Å². The summed E-state index contributed by atoms with van der Waals surface area (Å²) in [6.45, 7) is 11.9. The second kappa shape index (κ2) is 11.0. The van der Waals surface area contributed by atoms with Crippen LogP contribution >= 0.6 is 11.3 Å². The van der Waals surface area contributed by atoms with Crippen LogP contribution in [0.3, 0.4) is 0 Å². The predicted octanol–water partition coefficient (Wildman–Crippen LogP) is 3.45. The average molecular weight is 490 g/mol. The number of ether oxygens (including phenoxy) is 1. The number of hydrogen-bond donors (Lipinski definition) is 1. The van der Waals surface area contributed by atoms with Gasteiger partial charge in [-0.2, -0.15) is 4.98 Å². The second-order valence-corrected chi connectivity index (χ2v) is 10.4. The summed E-state index contributed by atoms with van der Waals surface area (Å²) in [5.74, 6) is 1.19. The number of nitrogens with one attached hydrogen (secondary N) is 1. The van der Waals surface area contributed by atoms with Crippen molar-refractivity contribution in [1.29, 1.82) is 0 Å². The summed E-state index contributed by atoms with van der Waals surface area (Å²) in [6.07, 6.45) is 4.00. The SMILES string of the molecule is CCOC(=O)c1c(NC(=O)C(C)N2CCN(Cc3nc(C(C)C)no3)CC2)sc2c1CCCC2. The van der Waals surface area contributed by atoms with E-state index in [1.165, 1.54) is 16.2 Å². The molecule has 1 atom stereocenters. The molecular formula is C24H35N5O4S. The number of nitrogens with zero attached hydrogens (tertiary/aromatic N) is 4. The fourth-order valence-corrected chi connectivity index (χ4v) is 5.80. The molecule has 2 aromatic rings. The lowest BCUT2D eigenvalue weighted by Crippen LogP contribution is -2.52. The Bertz CT molecular complexity index is 1010. The summed E-state index contributed by atoms with van der Waals surface area (Å²) in [5.41, 5.74) is 1.63. The molecule has 9 nitrogen and oxygen atoms in total. The Hall–Kier alpha value is -2.30. The maximum absolute atomic E-state index is 13.2. The van der Waals surface area contributed by atoms with Crippen molar-refractivity contribution >= 4 is 28.2 Å². The Morgan fingerprint density at radius 3 is 2.56 bits per heavy atom. The van der Waals surface area contributed by atoms with Gasteiger partial charge in [0.1, 0.15) is 5.00 Å². The van der Waals surface area contributed by atoms with Gasteiger partial charge in [0.15, 0.2) is 5.82 Å². The number of aryl methyl sites for hydroxylation is 1. The molecule has 0 spiro atoms. The zero-order valence-corrected chi connectivity index (χ0v) is 21.4. The van der Waals surface area contributed by atoms with Gasteiger partial charge in [0, 0.05) is 37.0 Å². The van der Waals surface area contributed by atoms with Crippen molar-refractivity contribution in [2.24, 2.45) is 0 Å². The molecule has 3 heterocycles. The normalized spacial score (nSPS) is 18.0. The van der Waals surface area contributed by atoms with Gasteiger partial charge in [0.05, 0.1) is 24.8 Å². The van der Waals surface area contributed by atoms with Crippen LogP contribution in [0.1, 0.15) is 79.0 Å². The minimum Gasteiger partial charge on any atom is -0.462 e. The van der Waals surface area contributed by atoms with Gasteiger partial charge >= 0.3 is 5.97 Å². The van der Waals surface area contributed by atoms with Gasteiger partial charge in [-0.1, -0.05) is 19.0 Å². The number of thiophene rings is 1. The maximum Gasteiger partial charge on any atom is 0.341 e. The van der Waals surface area contributed by atoms with E-state index in [4.69, 9.17) is 9.26 Å². The number of carbonyl (C=O) groups is 2. The van der Waals surface area contributed by atoms with Crippen molar-refractivity contribution < 1.29 is 18.8 Å². The third-order valence-corrected chi connectivity index (χ3v) is 7.79. The molecule has 1 unspecified atom stereocenters. The summed E-state index contributed by atoms with van der Waals surface area (Å²) in [6, 6.07) is -0.299. The zero-order valence-electron chi connectivity index (χ0n) is 20.6. The van der Waals surface area contributed by atoms with Crippen molar-refractivity contribution in [1.82, 2.24) is 19.9 Å². The number of esters is 1. The summed E-state index contributed by atoms with van der Waals surface area (Å²) in [4.78, 5) is 35.9. The first kappa shape index (κ1) is 24.8. The lowest BCUT2D eigenvalue weighted by atomic mass is 9.95. The highest BCUT2D eigenvalue weighted by Crippen LogP contribution is 2.38. The summed E-state index contributed by atoms with van der Waals surface area (Å²) in [5, 5.41) is 7.73. The predicted molar refractivity (Wildman–Crippen MR) is 130 cm³/mol. The zero-order chi connectivity index (χ0) is 24.2. The Kier molecular flexibility index (Phi) is 8.00. The van der Waals surface area contributed by atoms with Gasteiger partial charge < -0.3 is 14.6 Å². The molecule has 1 N–H and O–H groups in total. The van der Waals surface area contributed by atoms with Crippen LogP contribution in [0.25, 0.3) is 0 Å². The number of aromatic nitrogens is 2. The number of carbonyl (C=O) groups excluding carboxylic acids is 2. The number of amides is 1. The summed E-state index contributed by atoms with van der Waals surface area (Å²) in [7, 11) is 0. The van der Waals surface area contributed by atoms with E-state index >= 15 is 0 Å². The topological polar surface area (TPSA) is 101 Å². The van der Waals surface area contributed by atoms with Crippen molar-refractivity contribution in [2.75, 3.05) is 38.1 Å². The van der Waals surface area contributed by atoms with Gasteiger partial charge in [-0.25, -0.2) is 4.79 Å². The van der Waals surface area contributed by atoms with Crippen LogP contribution in [-0.4, -0.2) is 70.6 Å². The van der Waals surface area contributed by atoms with E-state index in [1.807, 2.05) is 20.8 Å². The van der Waals surface area contributed by atoms with Gasteiger partial charge in [-0.05, 0) is 45.1 Å². The van der Waals surface area contributed by atoms with Crippen LogP contribution in [0.2, 0.25) is 0 Å². The fraction of sp³-hybridized carbons (Fsp3) is 0.667. The molecule has 2 aliphatic rings. The van der Waals surface area contributed by atoms with Crippen LogP contribution in [0.4, 0.5) is 5.00 Å². The molecular weight excluding hydrogens is 454 g/mol. The van der Waals surface area contributed by atoms with Crippen molar-refractivity contribution in [3.63, 3.8) is 0 Å². The first-order valence-electron chi connectivity index (χ1n) is 12.3. The molecule has 4 rings (SSSR count). The molecule has 1 amide bonds. The Balaban J connectivity index is 1.35. The Labute approximate surface area is 204 Å². The highest BCUT2D eigenvalue weighted by molar-refractivity contribution is 7.17. The fourth-order valence-electron chi connectivity index (χ4n) is 4.52. The molecule has 0 saturated carbocycles. The van der Waals surface area contributed by atoms with Gasteiger partial charge in [-0.15, -0.1) is 11.3 Å². The molecule has 186 valence electrons. The Morgan fingerprint density at radius 2 is 1.88 bits per heavy atom. The van der Waals surface area contributed by atoms with Crippen LogP contribution in [-0.2, 0) is 28.9 Å². The van der Waals surface area contributed by atoms with Crippen molar-refractivity contribution in [3.8, 4) is 0 Å². The van der Waals surface area contributed by atoms with E-state index in [2.05, 4.69) is 25.3 Å². The third-order valence-electron chi connectivity index (χ3n) is 6.58. The van der Waals surface area contributed by atoms with E-state index < -0.39 is 0 Å². The van der Waals surface area contributed by atoms with E-state index in [-0.39, 0.29) is 23.8 Å². The van der Waals surface area contributed by atoms with Crippen LogP contribution < -0.4 is 5.32 Å². The van der Waals surface area contributed by atoms with Gasteiger partial charge in [0.2, 0.25) is 11.8 Å². The third kappa shape index (κ3) is 5.50. The maximum atomic E-state index is 13.2. The molecule has 10 heteroatoms. The molecule has 0 radical (unpaired) electrons. The van der Waals surface area contributed by atoms with Crippen LogP contribution in [0.5, 0.6) is 0 Å². The lowest BCUT2D eigenvalue weighted by Gasteiger charge is -2.36. The number of anilines is 1. The molecule has 1 fully saturated rings. The lowest BCUT2D eigenvalue weighted by molar-refractivity contribution is -0.121. The smallest absolute Gasteiger partial charge is 0.341 e. The Morgan fingerprint density at radius 1 is 1.15 bits per heavy atom. The average Bonchev–Trinajstić information content (AvgIpc) is 3.43. The monoisotopic (exact) mass is 489 g/mol. The molecule has 1 aliphatic carbocycles. The highest BCUT2D eigenvalue weighted by atomic mass is 32.1. The van der Waals surface area contributed by atoms with E-state index in [1.54, 1.807) is 6.92 Å². The quantitative estimate of drug-likeness (QED) is 0.563. The summed E-state index contributed by atoms with van der Waals surface area (Å²) >= 11 is 1.53. The van der Waals surface area contributed by atoms with Crippen LogP contribution in [0.15, 0.2) is 4.52 Å². The molecule has 1 aliphatic heterocycles. The molecule has 1 saturated heterocycles. The highest BCUT2D eigenvalue weighted by Gasteiger charge is 2.30. The number of piperazine rings is 1. The van der Waals surface area contributed by atoms with Gasteiger partial charge in [-0.3, -0.25) is 14.6 Å². The van der Waals surface area contributed by atoms with Crippen LogP contribution in [0, 0.1) is 0 Å². The number of fused-ring (bicyclic) bond motifs is 1. The largest absolute Gasteiger partial charge is 0.462 e. The molecule has 34 heavy (non-hydrogen) atoms. The first-order valence-corrected chi connectivity index (χ1v) is 13.1. The summed E-state index contributed by atoms with van der Waals surface area (Å²) < 4.78 is 10.7. The molecule has 0 aromatic carbocycles. The number of rotatable bonds is 8. The standard InChI is InChI=1S/C24H35N5O4S/c1-5-32-24(31)20-17-8-6-7-9-18(17)34-23(20)26-22(30)16(4)29-12-10-28(11-13-29)14-19-25-21(15(2)3)27-33-19/h15-16H,5-14H2,1-4H3,(H,26,30). The van der Waals surface area contributed by atoms with Crippen molar-refractivity contribution in [3.05, 3.63) is 27.7 Å². The van der Waals surface area contributed by atoms with E-state index in [0.29, 0.717) is 29.6 Å². The second-order valence-electron chi connectivity index (χ2n) is 9.31. The van der Waals surface area contributed by atoms with E-state index in [0.717, 1.165) is 63.3 Å². The van der Waals surface area contributed by atoms with E-state index in [9.17, 15) is 9.59 Å². The minimum absolute atomic E-state index is 0.0870. The molecule has 0 bridgehead atoms. The van der Waals surface area contributed by atoms with Crippen molar-refractivity contribution in [2.45, 2.75) is 71.9 Å². The minimum atomic E-state index is -0.333. The number of hydrogen-bond acceptors (Lipinski definition) is 9.